The Hall–Kier alpha value is -1.81. The highest BCUT2D eigenvalue weighted by molar-refractivity contribution is 5.95. The number of anilines is 1. The molecule has 0 spiro atoms. The van der Waals surface area contributed by atoms with Crippen LogP contribution < -0.4 is 10.5 Å². The van der Waals surface area contributed by atoms with Crippen LogP contribution in [0.4, 0.5) is 5.69 Å². The molecule has 106 valence electrons. The molecular weight excluding hydrogens is 250 g/mol. The molecule has 0 saturated carbocycles. The largest absolute Gasteiger partial charge is 0.491 e. The summed E-state index contributed by atoms with van der Waals surface area (Å²) in [6, 6.07) is 6.54. The molecule has 2 heterocycles. The summed E-state index contributed by atoms with van der Waals surface area (Å²) in [7, 11) is 2.19. The second-order valence-corrected chi connectivity index (χ2v) is 5.49. The third-order valence-corrected chi connectivity index (χ3v) is 4.20. The molecule has 1 unspecified atom stereocenters. The van der Waals surface area contributed by atoms with Crippen LogP contribution in [-0.2, 0) is 0 Å². The molecule has 0 bridgehead atoms. The van der Waals surface area contributed by atoms with Crippen LogP contribution >= 0.6 is 0 Å². The van der Waals surface area contributed by atoms with Crippen molar-refractivity contribution in [2.24, 2.45) is 0 Å². The van der Waals surface area contributed by atoms with E-state index in [0.29, 0.717) is 11.7 Å². The van der Waals surface area contributed by atoms with Crippen LogP contribution in [0.15, 0.2) is 30.6 Å². The lowest BCUT2D eigenvalue weighted by Crippen LogP contribution is -2.26. The van der Waals surface area contributed by atoms with E-state index >= 15 is 0 Å². The fourth-order valence-corrected chi connectivity index (χ4v) is 2.95. The Kier molecular flexibility index (Phi) is 3.74. The Bertz CT molecular complexity index is 599. The molecule has 0 radical (unpaired) electrons. The average molecular weight is 271 g/mol. The van der Waals surface area contributed by atoms with Crippen LogP contribution in [0.5, 0.6) is 5.75 Å². The smallest absolute Gasteiger partial charge is 0.142 e. The molecule has 1 aliphatic heterocycles. The van der Waals surface area contributed by atoms with Gasteiger partial charge in [0.2, 0.25) is 0 Å². The Morgan fingerprint density at radius 3 is 3.10 bits per heavy atom. The standard InChI is InChI=1S/C16H21N3O/c1-19-9-2-3-13(19)7-10-20-15-5-4-12-11-18-8-6-14(12)16(15)17/h4-6,8,11,13H,2-3,7,9-10,17H2,1H3. The van der Waals surface area contributed by atoms with Gasteiger partial charge in [-0.1, -0.05) is 0 Å². The van der Waals surface area contributed by atoms with Crippen molar-refractivity contribution in [1.29, 1.82) is 0 Å². The van der Waals surface area contributed by atoms with E-state index in [2.05, 4.69) is 16.9 Å². The molecule has 1 aromatic heterocycles. The number of pyridine rings is 1. The molecule has 0 amide bonds. The van der Waals surface area contributed by atoms with Gasteiger partial charge in [-0.25, -0.2) is 0 Å². The highest BCUT2D eigenvalue weighted by atomic mass is 16.5. The number of hydrogen-bond acceptors (Lipinski definition) is 4. The van der Waals surface area contributed by atoms with Crippen LogP contribution in [-0.4, -0.2) is 36.1 Å². The van der Waals surface area contributed by atoms with Crippen molar-refractivity contribution in [3.63, 3.8) is 0 Å². The van der Waals surface area contributed by atoms with Gasteiger partial charge < -0.3 is 15.4 Å². The van der Waals surface area contributed by atoms with E-state index in [0.717, 1.165) is 29.5 Å². The first-order valence-electron chi connectivity index (χ1n) is 7.21. The van der Waals surface area contributed by atoms with Gasteiger partial charge in [0.15, 0.2) is 0 Å². The molecule has 2 N–H and O–H groups in total. The molecule has 1 aromatic carbocycles. The first-order chi connectivity index (χ1) is 9.75. The van der Waals surface area contributed by atoms with E-state index in [9.17, 15) is 0 Å². The van der Waals surface area contributed by atoms with Crippen molar-refractivity contribution in [3.8, 4) is 5.75 Å². The molecule has 1 aliphatic rings. The van der Waals surface area contributed by atoms with Crippen molar-refractivity contribution in [1.82, 2.24) is 9.88 Å². The predicted octanol–water partition coefficient (Wildman–Crippen LogP) is 2.68. The van der Waals surface area contributed by atoms with Crippen molar-refractivity contribution >= 4 is 16.5 Å². The zero-order chi connectivity index (χ0) is 13.9. The summed E-state index contributed by atoms with van der Waals surface area (Å²) in [5, 5.41) is 2.06. The molecule has 3 rings (SSSR count). The summed E-state index contributed by atoms with van der Waals surface area (Å²) >= 11 is 0. The molecule has 4 nitrogen and oxygen atoms in total. The normalized spacial score (nSPS) is 19.6. The highest BCUT2D eigenvalue weighted by Crippen LogP contribution is 2.30. The predicted molar refractivity (Wildman–Crippen MR) is 81.9 cm³/mol. The van der Waals surface area contributed by atoms with E-state index < -0.39 is 0 Å². The number of hydrogen-bond donors (Lipinski definition) is 1. The fraction of sp³-hybridized carbons (Fsp3) is 0.438. The van der Waals surface area contributed by atoms with Gasteiger partial charge in [-0.05, 0) is 51.1 Å². The van der Waals surface area contributed by atoms with E-state index in [1.165, 1.54) is 19.4 Å². The number of ether oxygens (including phenoxy) is 1. The van der Waals surface area contributed by atoms with Crippen molar-refractivity contribution in [2.75, 3.05) is 25.9 Å². The highest BCUT2D eigenvalue weighted by Gasteiger charge is 2.20. The van der Waals surface area contributed by atoms with E-state index in [1.807, 2.05) is 24.4 Å². The van der Waals surface area contributed by atoms with E-state index in [-0.39, 0.29) is 0 Å². The molecule has 1 atom stereocenters. The van der Waals surface area contributed by atoms with Gasteiger partial charge in [0.25, 0.3) is 0 Å². The van der Waals surface area contributed by atoms with Gasteiger partial charge in [-0.3, -0.25) is 4.98 Å². The summed E-state index contributed by atoms with van der Waals surface area (Å²) in [6.07, 6.45) is 7.22. The van der Waals surface area contributed by atoms with Gasteiger partial charge in [0.1, 0.15) is 5.75 Å². The number of benzene rings is 1. The first-order valence-corrected chi connectivity index (χ1v) is 7.21. The van der Waals surface area contributed by atoms with Crippen molar-refractivity contribution in [3.05, 3.63) is 30.6 Å². The minimum absolute atomic E-state index is 0.654. The molecule has 20 heavy (non-hydrogen) atoms. The van der Waals surface area contributed by atoms with Crippen LogP contribution in [0, 0.1) is 0 Å². The number of nitrogens with zero attached hydrogens (tertiary/aromatic N) is 2. The molecule has 4 heteroatoms. The Morgan fingerprint density at radius 2 is 2.30 bits per heavy atom. The summed E-state index contributed by atoms with van der Waals surface area (Å²) < 4.78 is 5.88. The van der Waals surface area contributed by atoms with Gasteiger partial charge in [0, 0.05) is 29.2 Å². The second-order valence-electron chi connectivity index (χ2n) is 5.49. The minimum Gasteiger partial charge on any atom is -0.491 e. The van der Waals surface area contributed by atoms with Crippen molar-refractivity contribution < 1.29 is 4.74 Å². The number of fused-ring (bicyclic) bond motifs is 1. The number of aromatic nitrogens is 1. The monoisotopic (exact) mass is 271 g/mol. The zero-order valence-electron chi connectivity index (χ0n) is 11.9. The SMILES string of the molecule is CN1CCCC1CCOc1ccc2cnccc2c1N. The zero-order valence-corrected chi connectivity index (χ0v) is 11.9. The van der Waals surface area contributed by atoms with Crippen LogP contribution in [0.25, 0.3) is 10.8 Å². The topological polar surface area (TPSA) is 51.4 Å². The minimum atomic E-state index is 0.654. The van der Waals surface area contributed by atoms with Gasteiger partial charge in [-0.15, -0.1) is 0 Å². The van der Waals surface area contributed by atoms with Crippen LogP contribution in [0.3, 0.4) is 0 Å². The molecule has 1 fully saturated rings. The average Bonchev–Trinajstić information content (AvgIpc) is 2.87. The Labute approximate surface area is 119 Å². The Morgan fingerprint density at radius 1 is 1.40 bits per heavy atom. The summed E-state index contributed by atoms with van der Waals surface area (Å²) in [5.41, 5.74) is 6.89. The lowest BCUT2D eigenvalue weighted by Gasteiger charge is -2.19. The molecular formula is C16H21N3O. The molecule has 0 aliphatic carbocycles. The van der Waals surface area contributed by atoms with Gasteiger partial charge in [-0.2, -0.15) is 0 Å². The van der Waals surface area contributed by atoms with Crippen LogP contribution in [0.2, 0.25) is 0 Å². The van der Waals surface area contributed by atoms with Gasteiger partial charge >= 0.3 is 0 Å². The number of rotatable bonds is 4. The van der Waals surface area contributed by atoms with Crippen molar-refractivity contribution in [2.45, 2.75) is 25.3 Å². The number of nitrogen functional groups attached to an aromatic ring is 1. The summed E-state index contributed by atoms with van der Waals surface area (Å²) in [5.74, 6) is 0.782. The number of likely N-dealkylation sites (tertiary alicyclic amines) is 1. The quantitative estimate of drug-likeness (QED) is 0.869. The maximum absolute atomic E-state index is 6.18. The maximum atomic E-state index is 6.18. The lowest BCUT2D eigenvalue weighted by molar-refractivity contribution is 0.234. The lowest BCUT2D eigenvalue weighted by atomic mass is 10.1. The third kappa shape index (κ3) is 2.56. The first kappa shape index (κ1) is 13.2. The number of nitrogens with two attached hydrogens (primary N) is 1. The second kappa shape index (κ2) is 5.67. The van der Waals surface area contributed by atoms with E-state index in [4.69, 9.17) is 10.5 Å². The third-order valence-electron chi connectivity index (χ3n) is 4.20. The fourth-order valence-electron chi connectivity index (χ4n) is 2.95. The summed E-state index contributed by atoms with van der Waals surface area (Å²) in [6.45, 7) is 1.92. The molecule has 2 aromatic rings. The summed E-state index contributed by atoms with van der Waals surface area (Å²) in [4.78, 5) is 6.52. The maximum Gasteiger partial charge on any atom is 0.142 e. The van der Waals surface area contributed by atoms with Crippen LogP contribution in [0.1, 0.15) is 19.3 Å². The van der Waals surface area contributed by atoms with Gasteiger partial charge in [0.05, 0.1) is 12.3 Å². The molecule has 1 saturated heterocycles. The van der Waals surface area contributed by atoms with E-state index in [1.54, 1.807) is 6.20 Å². The Balaban J connectivity index is 1.67.